The maximum Gasteiger partial charge on any atom is 0.244 e. The lowest BCUT2D eigenvalue weighted by atomic mass is 10.3. The fourth-order valence-corrected chi connectivity index (χ4v) is 1.59. The Morgan fingerprint density at radius 1 is 1.40 bits per heavy atom. The number of H-pyrrole nitrogens is 1. The van der Waals surface area contributed by atoms with Crippen LogP contribution in [0.15, 0.2) is 34.8 Å². The maximum atomic E-state index is 11.6. The SMILES string of the molecule is O=C(C=Cc1nc2ccccc2o1)NCc1nn[nH]n1. The highest BCUT2D eigenvalue weighted by molar-refractivity contribution is 5.91. The van der Waals surface area contributed by atoms with Crippen molar-refractivity contribution in [3.8, 4) is 0 Å². The van der Waals surface area contributed by atoms with Gasteiger partial charge in [0.25, 0.3) is 0 Å². The molecular weight excluding hydrogens is 260 g/mol. The lowest BCUT2D eigenvalue weighted by molar-refractivity contribution is -0.116. The number of hydrogen-bond donors (Lipinski definition) is 2. The number of para-hydroxylation sites is 2. The smallest absolute Gasteiger partial charge is 0.244 e. The number of nitrogens with zero attached hydrogens (tertiary/aromatic N) is 4. The van der Waals surface area contributed by atoms with Crippen molar-refractivity contribution in [3.05, 3.63) is 42.1 Å². The molecule has 3 aromatic rings. The molecule has 3 rings (SSSR count). The third-order valence-corrected chi connectivity index (χ3v) is 2.50. The van der Waals surface area contributed by atoms with Gasteiger partial charge in [-0.15, -0.1) is 10.2 Å². The van der Waals surface area contributed by atoms with Gasteiger partial charge in [-0.05, 0) is 12.1 Å². The summed E-state index contributed by atoms with van der Waals surface area (Å²) in [7, 11) is 0. The Bertz CT molecular complexity index is 713. The third-order valence-electron chi connectivity index (χ3n) is 2.50. The van der Waals surface area contributed by atoms with Crippen LogP contribution in [0.3, 0.4) is 0 Å². The zero-order chi connectivity index (χ0) is 13.8. The average molecular weight is 270 g/mol. The first-order valence-corrected chi connectivity index (χ1v) is 5.85. The highest BCUT2D eigenvalue weighted by atomic mass is 16.3. The van der Waals surface area contributed by atoms with E-state index in [1.165, 1.54) is 12.2 Å². The van der Waals surface area contributed by atoms with Crippen LogP contribution in [-0.4, -0.2) is 31.5 Å². The van der Waals surface area contributed by atoms with Gasteiger partial charge in [0.15, 0.2) is 11.4 Å². The monoisotopic (exact) mass is 270 g/mol. The average Bonchev–Trinajstić information content (AvgIpc) is 3.11. The van der Waals surface area contributed by atoms with Gasteiger partial charge < -0.3 is 9.73 Å². The molecule has 2 aromatic heterocycles. The molecule has 0 saturated heterocycles. The van der Waals surface area contributed by atoms with Crippen molar-refractivity contribution in [2.75, 3.05) is 0 Å². The summed E-state index contributed by atoms with van der Waals surface area (Å²) in [6, 6.07) is 7.39. The standard InChI is InChI=1S/C12H10N6O2/c19-11(13-7-10-15-17-18-16-10)5-6-12-14-8-3-1-2-4-9(8)20-12/h1-6H,7H2,(H,13,19)(H,15,16,17,18). The minimum atomic E-state index is -0.294. The summed E-state index contributed by atoms with van der Waals surface area (Å²) in [4.78, 5) is 15.8. The van der Waals surface area contributed by atoms with Crippen molar-refractivity contribution in [1.29, 1.82) is 0 Å². The summed E-state index contributed by atoms with van der Waals surface area (Å²) in [5, 5.41) is 15.7. The number of fused-ring (bicyclic) bond motifs is 1. The summed E-state index contributed by atoms with van der Waals surface area (Å²) in [6.07, 6.45) is 2.84. The molecule has 2 N–H and O–H groups in total. The molecule has 8 heteroatoms. The number of amides is 1. The molecule has 0 fully saturated rings. The predicted octanol–water partition coefficient (Wildman–Crippen LogP) is 0.670. The number of rotatable bonds is 4. The molecule has 0 bridgehead atoms. The molecule has 0 radical (unpaired) electrons. The molecule has 2 heterocycles. The fourth-order valence-electron chi connectivity index (χ4n) is 1.59. The number of nitrogens with one attached hydrogen (secondary N) is 2. The van der Waals surface area contributed by atoms with Crippen LogP contribution in [0.1, 0.15) is 11.7 Å². The zero-order valence-electron chi connectivity index (χ0n) is 10.3. The number of aromatic nitrogens is 5. The fraction of sp³-hybridized carbons (Fsp3) is 0.0833. The van der Waals surface area contributed by atoms with Crippen LogP contribution in [0, 0.1) is 0 Å². The van der Waals surface area contributed by atoms with E-state index in [-0.39, 0.29) is 12.5 Å². The minimum absolute atomic E-state index is 0.202. The Morgan fingerprint density at radius 2 is 2.30 bits per heavy atom. The minimum Gasteiger partial charge on any atom is -0.437 e. The Balaban J connectivity index is 1.62. The molecule has 8 nitrogen and oxygen atoms in total. The summed E-state index contributed by atoms with van der Waals surface area (Å²) < 4.78 is 5.45. The number of benzene rings is 1. The quantitative estimate of drug-likeness (QED) is 0.674. The lowest BCUT2D eigenvalue weighted by Crippen LogP contribution is -2.20. The molecule has 20 heavy (non-hydrogen) atoms. The van der Waals surface area contributed by atoms with Gasteiger partial charge in [-0.25, -0.2) is 4.98 Å². The van der Waals surface area contributed by atoms with Crippen LogP contribution in [0.2, 0.25) is 0 Å². The van der Waals surface area contributed by atoms with E-state index in [4.69, 9.17) is 4.42 Å². The number of oxazole rings is 1. The van der Waals surface area contributed by atoms with E-state index >= 15 is 0 Å². The number of hydrogen-bond acceptors (Lipinski definition) is 6. The largest absolute Gasteiger partial charge is 0.437 e. The van der Waals surface area contributed by atoms with Crippen LogP contribution >= 0.6 is 0 Å². The van der Waals surface area contributed by atoms with Gasteiger partial charge in [0, 0.05) is 12.2 Å². The van der Waals surface area contributed by atoms with Gasteiger partial charge in [-0.2, -0.15) is 5.21 Å². The summed E-state index contributed by atoms with van der Waals surface area (Å²) >= 11 is 0. The van der Waals surface area contributed by atoms with Crippen LogP contribution in [0.25, 0.3) is 17.2 Å². The second kappa shape index (κ2) is 5.31. The molecule has 1 amide bonds. The molecular formula is C12H10N6O2. The first-order valence-electron chi connectivity index (χ1n) is 5.85. The second-order valence-electron chi connectivity index (χ2n) is 3.90. The molecule has 0 aliphatic carbocycles. The van der Waals surface area contributed by atoms with E-state index in [1.54, 1.807) is 0 Å². The van der Waals surface area contributed by atoms with Crippen LogP contribution in [0.5, 0.6) is 0 Å². The van der Waals surface area contributed by atoms with Crippen molar-refractivity contribution >= 4 is 23.1 Å². The van der Waals surface area contributed by atoms with Gasteiger partial charge in [-0.3, -0.25) is 4.79 Å². The van der Waals surface area contributed by atoms with Gasteiger partial charge in [0.2, 0.25) is 11.8 Å². The van der Waals surface area contributed by atoms with Crippen molar-refractivity contribution in [2.24, 2.45) is 0 Å². The van der Waals surface area contributed by atoms with Gasteiger partial charge in [0.05, 0.1) is 6.54 Å². The Morgan fingerprint density at radius 3 is 3.10 bits per heavy atom. The van der Waals surface area contributed by atoms with E-state index in [0.717, 1.165) is 5.52 Å². The molecule has 100 valence electrons. The van der Waals surface area contributed by atoms with Gasteiger partial charge in [0.1, 0.15) is 5.52 Å². The van der Waals surface area contributed by atoms with Crippen LogP contribution < -0.4 is 5.32 Å². The molecule has 0 saturated carbocycles. The second-order valence-corrected chi connectivity index (χ2v) is 3.90. The van der Waals surface area contributed by atoms with Crippen LogP contribution in [0.4, 0.5) is 0 Å². The number of carbonyl (C=O) groups excluding carboxylic acids is 1. The van der Waals surface area contributed by atoms with E-state index in [1.807, 2.05) is 24.3 Å². The molecule has 0 aliphatic heterocycles. The van der Waals surface area contributed by atoms with Gasteiger partial charge >= 0.3 is 0 Å². The van der Waals surface area contributed by atoms with E-state index in [0.29, 0.717) is 17.3 Å². The van der Waals surface area contributed by atoms with E-state index in [2.05, 4.69) is 30.9 Å². The van der Waals surface area contributed by atoms with Crippen molar-refractivity contribution in [3.63, 3.8) is 0 Å². The molecule has 0 spiro atoms. The van der Waals surface area contributed by atoms with Crippen molar-refractivity contribution in [2.45, 2.75) is 6.54 Å². The first-order chi connectivity index (χ1) is 9.81. The zero-order valence-corrected chi connectivity index (χ0v) is 10.3. The van der Waals surface area contributed by atoms with Crippen LogP contribution in [-0.2, 0) is 11.3 Å². The van der Waals surface area contributed by atoms with Crippen molar-refractivity contribution in [1.82, 2.24) is 30.9 Å². The number of aromatic amines is 1. The summed E-state index contributed by atoms with van der Waals surface area (Å²) in [6.45, 7) is 0.202. The van der Waals surface area contributed by atoms with Crippen molar-refractivity contribution < 1.29 is 9.21 Å². The Hall–Kier alpha value is -3.03. The first kappa shape index (κ1) is 12.0. The number of tetrazole rings is 1. The Kier molecular flexibility index (Phi) is 3.19. The molecule has 0 unspecified atom stereocenters. The molecule has 0 atom stereocenters. The highest BCUT2D eigenvalue weighted by Gasteiger charge is 2.03. The predicted molar refractivity (Wildman–Crippen MR) is 69.1 cm³/mol. The Labute approximate surface area is 112 Å². The highest BCUT2D eigenvalue weighted by Crippen LogP contribution is 2.15. The summed E-state index contributed by atoms with van der Waals surface area (Å²) in [5.41, 5.74) is 1.43. The molecule has 1 aromatic carbocycles. The lowest BCUT2D eigenvalue weighted by Gasteiger charge is -1.95. The topological polar surface area (TPSA) is 110 Å². The summed E-state index contributed by atoms with van der Waals surface area (Å²) in [5.74, 6) is 0.492. The maximum absolute atomic E-state index is 11.6. The van der Waals surface area contributed by atoms with E-state index in [9.17, 15) is 4.79 Å². The number of carbonyl (C=O) groups is 1. The van der Waals surface area contributed by atoms with Gasteiger partial charge in [-0.1, -0.05) is 17.3 Å². The third kappa shape index (κ3) is 2.69. The normalized spacial score (nSPS) is 11.2. The molecule has 0 aliphatic rings. The van der Waals surface area contributed by atoms with E-state index < -0.39 is 0 Å².